The molecular weight excluding hydrogens is 370 g/mol. The van der Waals surface area contributed by atoms with E-state index in [4.69, 9.17) is 0 Å². The summed E-state index contributed by atoms with van der Waals surface area (Å²) >= 11 is 3.24. The number of amides is 1. The highest BCUT2D eigenvalue weighted by Crippen LogP contribution is 2.22. The number of rotatable bonds is 7. The summed E-state index contributed by atoms with van der Waals surface area (Å²) in [6, 6.07) is 12.2. The maximum atomic E-state index is 12.4. The van der Waals surface area contributed by atoms with Gasteiger partial charge < -0.3 is 10.4 Å². The zero-order valence-corrected chi connectivity index (χ0v) is 15.1. The maximum Gasteiger partial charge on any atom is 0.337 e. The third kappa shape index (κ3) is 4.93. The van der Waals surface area contributed by atoms with Crippen molar-refractivity contribution in [1.82, 2.24) is 0 Å². The molecular formula is C19H20BrNO3. The SMILES string of the molecule is CCCCCc1cccc(C(=O)Nc2ccc(Br)cc2C(=O)O)c1. The van der Waals surface area contributed by atoms with Crippen molar-refractivity contribution in [3.8, 4) is 0 Å². The van der Waals surface area contributed by atoms with E-state index in [0.717, 1.165) is 31.2 Å². The first-order valence-electron chi connectivity index (χ1n) is 7.94. The Labute approximate surface area is 150 Å². The van der Waals surface area contributed by atoms with E-state index in [1.165, 1.54) is 6.07 Å². The molecule has 0 aromatic heterocycles. The Morgan fingerprint density at radius 1 is 1.12 bits per heavy atom. The molecule has 126 valence electrons. The molecule has 24 heavy (non-hydrogen) atoms. The van der Waals surface area contributed by atoms with Crippen LogP contribution in [0.4, 0.5) is 5.69 Å². The molecule has 0 heterocycles. The zero-order chi connectivity index (χ0) is 17.5. The lowest BCUT2D eigenvalue weighted by molar-refractivity contribution is 0.0698. The number of hydrogen-bond donors (Lipinski definition) is 2. The Morgan fingerprint density at radius 3 is 2.62 bits per heavy atom. The molecule has 4 nitrogen and oxygen atoms in total. The standard InChI is InChI=1S/C19H20BrNO3/c1-2-3-4-6-13-7-5-8-14(11-13)18(22)21-17-10-9-15(20)12-16(17)19(23)24/h5,7-12H,2-4,6H2,1H3,(H,21,22)(H,23,24). The Bertz CT molecular complexity index is 743. The van der Waals surface area contributed by atoms with Crippen molar-refractivity contribution in [2.45, 2.75) is 32.6 Å². The minimum atomic E-state index is -1.08. The summed E-state index contributed by atoms with van der Waals surface area (Å²) in [5.41, 5.74) is 1.98. The number of carbonyl (C=O) groups excluding carboxylic acids is 1. The lowest BCUT2D eigenvalue weighted by Gasteiger charge is -2.10. The molecule has 0 atom stereocenters. The van der Waals surface area contributed by atoms with Crippen molar-refractivity contribution in [3.63, 3.8) is 0 Å². The van der Waals surface area contributed by atoms with Crippen LogP contribution in [0.15, 0.2) is 46.9 Å². The molecule has 0 aliphatic rings. The van der Waals surface area contributed by atoms with E-state index in [2.05, 4.69) is 28.2 Å². The number of carbonyl (C=O) groups is 2. The molecule has 0 spiro atoms. The van der Waals surface area contributed by atoms with E-state index in [9.17, 15) is 14.7 Å². The highest BCUT2D eigenvalue weighted by molar-refractivity contribution is 9.10. The van der Waals surface area contributed by atoms with E-state index in [1.807, 2.05) is 18.2 Å². The molecule has 0 aliphatic carbocycles. The van der Waals surface area contributed by atoms with Crippen LogP contribution in [-0.2, 0) is 6.42 Å². The van der Waals surface area contributed by atoms with Crippen LogP contribution in [0.25, 0.3) is 0 Å². The third-order valence-electron chi connectivity index (χ3n) is 3.72. The third-order valence-corrected chi connectivity index (χ3v) is 4.21. The molecule has 0 saturated heterocycles. The predicted molar refractivity (Wildman–Crippen MR) is 98.7 cm³/mol. The topological polar surface area (TPSA) is 66.4 Å². The van der Waals surface area contributed by atoms with Gasteiger partial charge in [0.1, 0.15) is 0 Å². The van der Waals surface area contributed by atoms with Crippen molar-refractivity contribution in [2.75, 3.05) is 5.32 Å². The van der Waals surface area contributed by atoms with Gasteiger partial charge in [0, 0.05) is 10.0 Å². The zero-order valence-electron chi connectivity index (χ0n) is 13.5. The van der Waals surface area contributed by atoms with Gasteiger partial charge in [-0.05, 0) is 48.7 Å². The number of hydrogen-bond acceptors (Lipinski definition) is 2. The second kappa shape index (κ2) is 8.64. The summed E-state index contributed by atoms with van der Waals surface area (Å²) in [7, 11) is 0. The van der Waals surface area contributed by atoms with Gasteiger partial charge in [-0.3, -0.25) is 4.79 Å². The largest absolute Gasteiger partial charge is 0.478 e. The molecule has 1 amide bonds. The number of unbranched alkanes of at least 4 members (excludes halogenated alkanes) is 2. The summed E-state index contributed by atoms with van der Waals surface area (Å²) in [6.45, 7) is 2.15. The van der Waals surface area contributed by atoms with Crippen LogP contribution >= 0.6 is 15.9 Å². The molecule has 5 heteroatoms. The number of anilines is 1. The van der Waals surface area contributed by atoms with Crippen molar-refractivity contribution >= 4 is 33.5 Å². The van der Waals surface area contributed by atoms with Crippen LogP contribution in [0.5, 0.6) is 0 Å². The van der Waals surface area contributed by atoms with E-state index in [-0.39, 0.29) is 17.2 Å². The van der Waals surface area contributed by atoms with Gasteiger partial charge in [0.25, 0.3) is 5.91 Å². The first-order chi connectivity index (χ1) is 11.5. The Kier molecular flexibility index (Phi) is 6.55. The van der Waals surface area contributed by atoms with Crippen molar-refractivity contribution in [2.24, 2.45) is 0 Å². The summed E-state index contributed by atoms with van der Waals surface area (Å²) in [6.07, 6.45) is 4.35. The molecule has 2 rings (SSSR count). The summed E-state index contributed by atoms with van der Waals surface area (Å²) < 4.78 is 0.649. The van der Waals surface area contributed by atoms with E-state index >= 15 is 0 Å². The van der Waals surface area contributed by atoms with Crippen molar-refractivity contribution < 1.29 is 14.7 Å². The van der Waals surface area contributed by atoms with Gasteiger partial charge >= 0.3 is 5.97 Å². The number of aromatic carboxylic acids is 1. The number of aryl methyl sites for hydroxylation is 1. The molecule has 0 saturated carbocycles. The summed E-state index contributed by atoms with van der Waals surface area (Å²) in [5, 5.41) is 12.0. The average molecular weight is 390 g/mol. The van der Waals surface area contributed by atoms with Gasteiger partial charge in [-0.1, -0.05) is 47.8 Å². The molecule has 0 fully saturated rings. The maximum absolute atomic E-state index is 12.4. The number of carboxylic acids is 1. The number of nitrogens with one attached hydrogen (secondary N) is 1. The van der Waals surface area contributed by atoms with Crippen molar-refractivity contribution in [1.29, 1.82) is 0 Å². The lowest BCUT2D eigenvalue weighted by atomic mass is 10.0. The first kappa shape index (κ1) is 18.2. The highest BCUT2D eigenvalue weighted by Gasteiger charge is 2.14. The molecule has 0 radical (unpaired) electrons. The fourth-order valence-corrected chi connectivity index (χ4v) is 2.81. The van der Waals surface area contributed by atoms with Gasteiger partial charge in [-0.15, -0.1) is 0 Å². The van der Waals surface area contributed by atoms with Crippen LogP contribution in [0.3, 0.4) is 0 Å². The van der Waals surface area contributed by atoms with E-state index < -0.39 is 5.97 Å². The van der Waals surface area contributed by atoms with Crippen LogP contribution in [-0.4, -0.2) is 17.0 Å². The van der Waals surface area contributed by atoms with Gasteiger partial charge in [-0.25, -0.2) is 4.79 Å². The minimum Gasteiger partial charge on any atom is -0.478 e. The summed E-state index contributed by atoms with van der Waals surface area (Å²) in [5.74, 6) is -1.39. The number of benzene rings is 2. The highest BCUT2D eigenvalue weighted by atomic mass is 79.9. The fraction of sp³-hybridized carbons (Fsp3) is 0.263. The lowest BCUT2D eigenvalue weighted by Crippen LogP contribution is -2.15. The van der Waals surface area contributed by atoms with Crippen molar-refractivity contribution in [3.05, 3.63) is 63.6 Å². The van der Waals surface area contributed by atoms with Crippen LogP contribution in [0.2, 0.25) is 0 Å². The molecule has 2 N–H and O–H groups in total. The molecule has 2 aromatic carbocycles. The quantitative estimate of drug-likeness (QED) is 0.644. The second-order valence-corrected chi connectivity index (χ2v) is 6.52. The van der Waals surface area contributed by atoms with Gasteiger partial charge in [0.05, 0.1) is 11.3 Å². The monoisotopic (exact) mass is 389 g/mol. The Morgan fingerprint density at radius 2 is 1.92 bits per heavy atom. The smallest absolute Gasteiger partial charge is 0.337 e. The molecule has 2 aromatic rings. The fourth-order valence-electron chi connectivity index (χ4n) is 2.44. The minimum absolute atomic E-state index is 0.0526. The van der Waals surface area contributed by atoms with Gasteiger partial charge in [0.15, 0.2) is 0 Å². The number of carboxylic acid groups (broad SMARTS) is 1. The first-order valence-corrected chi connectivity index (χ1v) is 8.73. The van der Waals surface area contributed by atoms with Crippen LogP contribution < -0.4 is 5.32 Å². The molecule has 0 unspecified atom stereocenters. The van der Waals surface area contributed by atoms with E-state index in [1.54, 1.807) is 18.2 Å². The van der Waals surface area contributed by atoms with Gasteiger partial charge in [-0.2, -0.15) is 0 Å². The second-order valence-electron chi connectivity index (χ2n) is 5.61. The molecule has 0 aliphatic heterocycles. The van der Waals surface area contributed by atoms with E-state index in [0.29, 0.717) is 10.0 Å². The predicted octanol–water partition coefficient (Wildman–Crippen LogP) is 5.13. The van der Waals surface area contributed by atoms with Crippen LogP contribution in [0, 0.1) is 0 Å². The Balaban J connectivity index is 2.15. The normalized spacial score (nSPS) is 10.4. The molecule has 0 bridgehead atoms. The Hall–Kier alpha value is -2.14. The summed E-state index contributed by atoms with van der Waals surface area (Å²) in [4.78, 5) is 23.8. The average Bonchev–Trinajstić information content (AvgIpc) is 2.57. The number of halogens is 1. The van der Waals surface area contributed by atoms with Crippen LogP contribution in [0.1, 0.15) is 52.5 Å². The van der Waals surface area contributed by atoms with Gasteiger partial charge in [0.2, 0.25) is 0 Å².